The Morgan fingerprint density at radius 1 is 1.17 bits per heavy atom. The van der Waals surface area contributed by atoms with Gasteiger partial charge in [0.2, 0.25) is 11.8 Å². The van der Waals surface area contributed by atoms with Crippen LogP contribution in [0.25, 0.3) is 0 Å². The molecular weight excluding hydrogens is 470 g/mol. The highest BCUT2D eigenvalue weighted by Crippen LogP contribution is 2.58. The summed E-state index contributed by atoms with van der Waals surface area (Å²) < 4.78 is 0.607. The Balaban J connectivity index is 1.46. The maximum atomic E-state index is 13.5. The molecule has 4 atom stereocenters. The SMILES string of the molecule is CC1(C)S[C@H]2C(N3C(=O)C(c4cccc(Br)c4)NC3(C)C)C(=O)N2C1c1nn[nH]n1. The molecule has 3 fully saturated rings. The van der Waals surface area contributed by atoms with Crippen LogP contribution in [-0.4, -0.2) is 64.1 Å². The summed E-state index contributed by atoms with van der Waals surface area (Å²) in [6.45, 7) is 8.03. The van der Waals surface area contributed by atoms with Gasteiger partial charge in [-0.2, -0.15) is 5.21 Å². The van der Waals surface area contributed by atoms with Gasteiger partial charge in [-0.05, 0) is 45.4 Å². The molecule has 0 bridgehead atoms. The van der Waals surface area contributed by atoms with Crippen molar-refractivity contribution in [3.05, 3.63) is 40.1 Å². The van der Waals surface area contributed by atoms with E-state index in [0.717, 1.165) is 10.0 Å². The van der Waals surface area contributed by atoms with Crippen molar-refractivity contribution >= 4 is 39.5 Å². The number of nitrogens with zero attached hydrogens (tertiary/aromatic N) is 5. The Morgan fingerprint density at radius 3 is 2.60 bits per heavy atom. The number of hydrogen-bond donors (Lipinski definition) is 2. The summed E-state index contributed by atoms with van der Waals surface area (Å²) in [6.07, 6.45) is 0. The zero-order valence-corrected chi connectivity index (χ0v) is 19.4. The number of fused-ring (bicyclic) bond motifs is 1. The van der Waals surface area contributed by atoms with Crippen LogP contribution in [0.3, 0.4) is 0 Å². The lowest BCUT2D eigenvalue weighted by Crippen LogP contribution is -2.71. The van der Waals surface area contributed by atoms with E-state index >= 15 is 0 Å². The van der Waals surface area contributed by atoms with Crippen molar-refractivity contribution in [2.45, 2.75) is 61.6 Å². The second kappa shape index (κ2) is 6.51. The van der Waals surface area contributed by atoms with E-state index in [1.54, 1.807) is 21.6 Å². The molecule has 4 heterocycles. The third-order valence-corrected chi connectivity index (χ3v) is 8.11. The first-order valence-electron chi connectivity index (χ1n) is 9.71. The zero-order chi connectivity index (χ0) is 21.4. The van der Waals surface area contributed by atoms with Crippen molar-refractivity contribution in [2.75, 3.05) is 0 Å². The molecule has 2 amide bonds. The number of carbonyl (C=O) groups is 2. The van der Waals surface area contributed by atoms with Gasteiger partial charge < -0.3 is 9.80 Å². The van der Waals surface area contributed by atoms with Crippen molar-refractivity contribution in [1.29, 1.82) is 0 Å². The summed E-state index contributed by atoms with van der Waals surface area (Å²) >= 11 is 5.15. The monoisotopic (exact) mass is 491 g/mol. The third kappa shape index (κ3) is 2.75. The van der Waals surface area contributed by atoms with Crippen LogP contribution in [0.15, 0.2) is 28.7 Å². The molecule has 0 saturated carbocycles. The van der Waals surface area contributed by atoms with E-state index in [-0.39, 0.29) is 28.0 Å². The molecule has 5 rings (SSSR count). The minimum absolute atomic E-state index is 0.0778. The average molecular weight is 492 g/mol. The quantitative estimate of drug-likeness (QED) is 0.631. The van der Waals surface area contributed by atoms with Crippen LogP contribution in [-0.2, 0) is 9.59 Å². The number of benzene rings is 1. The van der Waals surface area contributed by atoms with Crippen molar-refractivity contribution < 1.29 is 9.59 Å². The fourth-order valence-electron chi connectivity index (χ4n) is 4.83. The Morgan fingerprint density at radius 2 is 1.93 bits per heavy atom. The van der Waals surface area contributed by atoms with Crippen molar-refractivity contribution in [2.24, 2.45) is 0 Å². The number of carbonyl (C=O) groups excluding carboxylic acids is 2. The Labute approximate surface area is 186 Å². The lowest BCUT2D eigenvalue weighted by Gasteiger charge is -2.50. The summed E-state index contributed by atoms with van der Waals surface area (Å²) in [7, 11) is 0. The predicted octanol–water partition coefficient (Wildman–Crippen LogP) is 1.97. The minimum Gasteiger partial charge on any atom is -0.314 e. The van der Waals surface area contributed by atoms with Gasteiger partial charge in [-0.15, -0.1) is 22.0 Å². The van der Waals surface area contributed by atoms with E-state index in [1.807, 2.05) is 38.1 Å². The summed E-state index contributed by atoms with van der Waals surface area (Å²) in [6, 6.07) is 6.38. The van der Waals surface area contributed by atoms with Crippen LogP contribution in [0.1, 0.15) is 51.2 Å². The molecule has 30 heavy (non-hydrogen) atoms. The molecule has 0 radical (unpaired) electrons. The van der Waals surface area contributed by atoms with E-state index in [4.69, 9.17) is 0 Å². The number of H-pyrrole nitrogens is 1. The summed E-state index contributed by atoms with van der Waals surface area (Å²) in [4.78, 5) is 30.4. The molecule has 3 aliphatic heterocycles. The Bertz CT molecular complexity index is 1030. The number of tetrazole rings is 1. The van der Waals surface area contributed by atoms with Crippen molar-refractivity contribution in [3.63, 3.8) is 0 Å². The molecule has 3 aliphatic rings. The van der Waals surface area contributed by atoms with Crippen LogP contribution in [0.5, 0.6) is 0 Å². The molecule has 9 nitrogen and oxygen atoms in total. The second-order valence-corrected chi connectivity index (χ2v) is 11.6. The van der Waals surface area contributed by atoms with Crippen LogP contribution in [0.4, 0.5) is 0 Å². The van der Waals surface area contributed by atoms with E-state index in [2.05, 4.69) is 55.7 Å². The average Bonchev–Trinajstić information content (AvgIpc) is 3.33. The molecule has 2 N–H and O–H groups in total. The van der Waals surface area contributed by atoms with Crippen molar-refractivity contribution in [3.8, 4) is 0 Å². The molecule has 3 saturated heterocycles. The predicted molar refractivity (Wildman–Crippen MR) is 114 cm³/mol. The summed E-state index contributed by atoms with van der Waals surface area (Å²) in [5, 5.41) is 17.6. The topological polar surface area (TPSA) is 107 Å². The smallest absolute Gasteiger partial charge is 0.250 e. The summed E-state index contributed by atoms with van der Waals surface area (Å²) in [5.74, 6) is 0.336. The van der Waals surface area contributed by atoms with E-state index < -0.39 is 17.7 Å². The van der Waals surface area contributed by atoms with E-state index in [9.17, 15) is 9.59 Å². The Kier molecular flexibility index (Phi) is 4.33. The summed E-state index contributed by atoms with van der Waals surface area (Å²) in [5.41, 5.74) is 0.212. The van der Waals surface area contributed by atoms with Gasteiger partial charge in [-0.1, -0.05) is 33.3 Å². The number of rotatable bonds is 3. The largest absolute Gasteiger partial charge is 0.314 e. The van der Waals surface area contributed by atoms with Crippen LogP contribution < -0.4 is 5.32 Å². The molecule has 1 aromatic heterocycles. The minimum atomic E-state index is -0.661. The lowest BCUT2D eigenvalue weighted by molar-refractivity contribution is -0.165. The Hall–Kier alpha value is -1.98. The number of thioether (sulfide) groups is 1. The molecule has 158 valence electrons. The van der Waals surface area contributed by atoms with Crippen LogP contribution in [0, 0.1) is 0 Å². The van der Waals surface area contributed by atoms with Gasteiger partial charge in [0.1, 0.15) is 23.5 Å². The molecule has 2 aromatic rings. The van der Waals surface area contributed by atoms with Gasteiger partial charge in [0.05, 0.1) is 5.66 Å². The third-order valence-electron chi connectivity index (χ3n) is 6.06. The van der Waals surface area contributed by atoms with Gasteiger partial charge in [0.15, 0.2) is 5.82 Å². The maximum absolute atomic E-state index is 13.5. The van der Waals surface area contributed by atoms with E-state index in [1.165, 1.54) is 0 Å². The molecule has 0 aliphatic carbocycles. The number of nitrogens with one attached hydrogen (secondary N) is 2. The standard InChI is InChI=1S/C19H22BrN7O2S/c1-18(2)13(14-22-24-25-23-14)26-16(29)12(17(26)30-18)27-15(28)11(21-19(27,3)4)9-6-5-7-10(20)8-9/h5-8,11-13,17,21H,1-4H3,(H,22,23,24,25)/t11?,12?,13?,17-/m0/s1. The molecule has 1 aromatic carbocycles. The first-order valence-corrected chi connectivity index (χ1v) is 11.4. The maximum Gasteiger partial charge on any atom is 0.250 e. The number of aromatic nitrogens is 4. The first kappa shape index (κ1) is 20.0. The van der Waals surface area contributed by atoms with Gasteiger partial charge in [0, 0.05) is 9.22 Å². The lowest BCUT2D eigenvalue weighted by atomic mass is 9.93. The van der Waals surface area contributed by atoms with Crippen LogP contribution in [0.2, 0.25) is 0 Å². The highest BCUT2D eigenvalue weighted by Gasteiger charge is 2.67. The zero-order valence-electron chi connectivity index (χ0n) is 17.0. The first-order chi connectivity index (χ1) is 14.1. The number of halogens is 1. The van der Waals surface area contributed by atoms with Crippen LogP contribution >= 0.6 is 27.7 Å². The highest BCUT2D eigenvalue weighted by atomic mass is 79.9. The van der Waals surface area contributed by atoms with Gasteiger partial charge in [-0.3, -0.25) is 14.9 Å². The number of aromatic amines is 1. The molecular formula is C19H22BrN7O2S. The van der Waals surface area contributed by atoms with Crippen molar-refractivity contribution in [1.82, 2.24) is 35.7 Å². The molecule has 3 unspecified atom stereocenters. The molecule has 11 heteroatoms. The molecule has 0 spiro atoms. The number of amides is 2. The van der Waals surface area contributed by atoms with Gasteiger partial charge in [0.25, 0.3) is 0 Å². The fourth-order valence-corrected chi connectivity index (χ4v) is 6.92. The van der Waals surface area contributed by atoms with E-state index in [0.29, 0.717) is 5.82 Å². The van der Waals surface area contributed by atoms with Gasteiger partial charge in [-0.25, -0.2) is 0 Å². The number of β-lactam (4-membered cyclic amide) rings is 1. The number of hydrogen-bond acceptors (Lipinski definition) is 7. The fraction of sp³-hybridized carbons (Fsp3) is 0.526. The second-order valence-electron chi connectivity index (χ2n) is 8.87. The normalized spacial score (nSPS) is 31.8. The van der Waals surface area contributed by atoms with Gasteiger partial charge >= 0.3 is 0 Å². The highest BCUT2D eigenvalue weighted by molar-refractivity contribution is 9.10.